The van der Waals surface area contributed by atoms with Gasteiger partial charge in [-0.05, 0) is 44.4 Å². The van der Waals surface area contributed by atoms with Gasteiger partial charge in [-0.15, -0.1) is 0 Å². The van der Waals surface area contributed by atoms with Crippen LogP contribution in [-0.2, 0) is 0 Å². The number of aromatic nitrogens is 2. The van der Waals surface area contributed by atoms with Crippen molar-refractivity contribution in [1.82, 2.24) is 9.97 Å². The van der Waals surface area contributed by atoms with Crippen LogP contribution in [0, 0.1) is 12.3 Å². The van der Waals surface area contributed by atoms with E-state index in [4.69, 9.17) is 16.6 Å². The van der Waals surface area contributed by atoms with Crippen molar-refractivity contribution in [2.24, 2.45) is 5.41 Å². The molecule has 110 valence electrons. The van der Waals surface area contributed by atoms with Crippen LogP contribution >= 0.6 is 11.6 Å². The highest BCUT2D eigenvalue weighted by Crippen LogP contribution is 2.42. The molecule has 2 heterocycles. The topological polar surface area (TPSA) is 29.0 Å². The minimum Gasteiger partial charge on any atom is -0.356 e. The predicted octanol–water partition coefficient (Wildman–Crippen LogP) is 4.33. The number of anilines is 1. The van der Waals surface area contributed by atoms with Crippen LogP contribution in [0.2, 0.25) is 5.15 Å². The van der Waals surface area contributed by atoms with Crippen molar-refractivity contribution >= 4 is 17.4 Å². The summed E-state index contributed by atoms with van der Waals surface area (Å²) in [6.45, 7) is 8.87. The standard InChI is InChI=1S/C16H24ClN3/c1-4-16(5-2)8-9-20(10-16)15-11(3)13(17)18-14(19-15)12-6-7-12/h12H,4-10H2,1-3H3. The van der Waals surface area contributed by atoms with E-state index in [1.165, 1.54) is 32.1 Å². The molecular formula is C16H24ClN3. The fraction of sp³-hybridized carbons (Fsp3) is 0.750. The van der Waals surface area contributed by atoms with Crippen molar-refractivity contribution in [3.05, 3.63) is 16.5 Å². The van der Waals surface area contributed by atoms with Gasteiger partial charge < -0.3 is 4.90 Å². The van der Waals surface area contributed by atoms with Gasteiger partial charge in [0, 0.05) is 24.6 Å². The highest BCUT2D eigenvalue weighted by Gasteiger charge is 2.37. The summed E-state index contributed by atoms with van der Waals surface area (Å²) in [6, 6.07) is 0. The zero-order valence-electron chi connectivity index (χ0n) is 12.7. The summed E-state index contributed by atoms with van der Waals surface area (Å²) < 4.78 is 0. The number of nitrogens with zero attached hydrogens (tertiary/aromatic N) is 3. The van der Waals surface area contributed by atoms with E-state index in [2.05, 4.69) is 23.7 Å². The van der Waals surface area contributed by atoms with E-state index in [1.54, 1.807) is 0 Å². The maximum absolute atomic E-state index is 6.33. The van der Waals surface area contributed by atoms with E-state index >= 15 is 0 Å². The van der Waals surface area contributed by atoms with Crippen molar-refractivity contribution < 1.29 is 0 Å². The third-order valence-electron chi connectivity index (χ3n) is 5.26. The normalized spacial score (nSPS) is 21.5. The molecule has 1 aliphatic carbocycles. The molecule has 0 radical (unpaired) electrons. The molecule has 0 spiro atoms. The number of rotatable bonds is 4. The van der Waals surface area contributed by atoms with Crippen LogP contribution in [0.25, 0.3) is 0 Å². The molecule has 2 aliphatic rings. The molecule has 1 saturated heterocycles. The third kappa shape index (κ3) is 2.41. The van der Waals surface area contributed by atoms with Gasteiger partial charge in [0.2, 0.25) is 0 Å². The van der Waals surface area contributed by atoms with Crippen molar-refractivity contribution in [2.45, 2.75) is 58.8 Å². The summed E-state index contributed by atoms with van der Waals surface area (Å²) in [4.78, 5) is 11.7. The van der Waals surface area contributed by atoms with Crippen LogP contribution in [0.5, 0.6) is 0 Å². The molecule has 1 aromatic rings. The van der Waals surface area contributed by atoms with Gasteiger partial charge in [0.15, 0.2) is 0 Å². The molecule has 0 aromatic carbocycles. The summed E-state index contributed by atoms with van der Waals surface area (Å²) in [5.41, 5.74) is 1.50. The maximum atomic E-state index is 6.33. The van der Waals surface area contributed by atoms with Gasteiger partial charge in [-0.25, -0.2) is 9.97 Å². The first-order valence-electron chi connectivity index (χ1n) is 7.87. The first-order valence-corrected chi connectivity index (χ1v) is 8.25. The second kappa shape index (κ2) is 5.18. The molecule has 0 bridgehead atoms. The van der Waals surface area contributed by atoms with Crippen LogP contribution in [-0.4, -0.2) is 23.1 Å². The quantitative estimate of drug-likeness (QED) is 0.774. The Morgan fingerprint density at radius 2 is 1.95 bits per heavy atom. The second-order valence-corrected chi connectivity index (χ2v) is 6.83. The van der Waals surface area contributed by atoms with E-state index in [0.717, 1.165) is 30.3 Å². The summed E-state index contributed by atoms with van der Waals surface area (Å²) in [5.74, 6) is 2.59. The highest BCUT2D eigenvalue weighted by atomic mass is 35.5. The Morgan fingerprint density at radius 3 is 2.50 bits per heavy atom. The van der Waals surface area contributed by atoms with Gasteiger partial charge in [-0.1, -0.05) is 25.4 Å². The Balaban J connectivity index is 1.90. The van der Waals surface area contributed by atoms with Crippen LogP contribution in [0.1, 0.15) is 63.3 Å². The van der Waals surface area contributed by atoms with Crippen LogP contribution < -0.4 is 4.90 Å². The molecule has 1 saturated carbocycles. The first-order chi connectivity index (χ1) is 9.58. The minimum absolute atomic E-state index is 0.462. The zero-order chi connectivity index (χ0) is 14.3. The van der Waals surface area contributed by atoms with Crippen molar-refractivity contribution in [2.75, 3.05) is 18.0 Å². The average Bonchev–Trinajstić information content (AvgIpc) is 3.22. The summed E-state index contributed by atoms with van der Waals surface area (Å²) in [6.07, 6.45) is 6.18. The molecule has 1 aliphatic heterocycles. The van der Waals surface area contributed by atoms with Crippen molar-refractivity contribution in [3.63, 3.8) is 0 Å². The number of halogens is 1. The Hall–Kier alpha value is -0.830. The summed E-state index contributed by atoms with van der Waals surface area (Å²) >= 11 is 6.33. The average molecular weight is 294 g/mol. The number of hydrogen-bond acceptors (Lipinski definition) is 3. The molecule has 4 heteroatoms. The van der Waals surface area contributed by atoms with E-state index < -0.39 is 0 Å². The van der Waals surface area contributed by atoms with Crippen molar-refractivity contribution in [1.29, 1.82) is 0 Å². The number of hydrogen-bond donors (Lipinski definition) is 0. The van der Waals surface area contributed by atoms with E-state index in [0.29, 0.717) is 16.5 Å². The van der Waals surface area contributed by atoms with E-state index in [1.807, 2.05) is 6.92 Å². The Bertz CT molecular complexity index is 507. The Kier molecular flexibility index (Phi) is 3.65. The third-order valence-corrected chi connectivity index (χ3v) is 5.63. The lowest BCUT2D eigenvalue weighted by atomic mass is 9.82. The first kappa shape index (κ1) is 14.1. The van der Waals surface area contributed by atoms with Gasteiger partial charge in [0.25, 0.3) is 0 Å². The molecule has 3 nitrogen and oxygen atoms in total. The minimum atomic E-state index is 0.462. The predicted molar refractivity (Wildman–Crippen MR) is 83.6 cm³/mol. The fourth-order valence-corrected chi connectivity index (χ4v) is 3.44. The monoisotopic (exact) mass is 293 g/mol. The van der Waals surface area contributed by atoms with E-state index in [-0.39, 0.29) is 0 Å². The van der Waals surface area contributed by atoms with Gasteiger partial charge in [0.05, 0.1) is 0 Å². The molecule has 1 aromatic heterocycles. The molecular weight excluding hydrogens is 270 g/mol. The molecule has 2 fully saturated rings. The SMILES string of the molecule is CCC1(CC)CCN(c2nc(C3CC3)nc(Cl)c2C)C1. The lowest BCUT2D eigenvalue weighted by Crippen LogP contribution is -2.27. The zero-order valence-corrected chi connectivity index (χ0v) is 13.5. The molecule has 3 rings (SSSR count). The van der Waals surface area contributed by atoms with Crippen LogP contribution in [0.3, 0.4) is 0 Å². The fourth-order valence-electron chi connectivity index (χ4n) is 3.27. The molecule has 0 N–H and O–H groups in total. The van der Waals surface area contributed by atoms with Crippen LogP contribution in [0.15, 0.2) is 0 Å². The maximum Gasteiger partial charge on any atom is 0.137 e. The molecule has 0 amide bonds. The lowest BCUT2D eigenvalue weighted by molar-refractivity contribution is 0.301. The Morgan fingerprint density at radius 1 is 1.25 bits per heavy atom. The summed E-state index contributed by atoms with van der Waals surface area (Å²) in [5, 5.41) is 0.641. The van der Waals surface area contributed by atoms with Gasteiger partial charge in [-0.3, -0.25) is 0 Å². The largest absolute Gasteiger partial charge is 0.356 e. The van der Waals surface area contributed by atoms with Crippen molar-refractivity contribution in [3.8, 4) is 0 Å². The molecule has 20 heavy (non-hydrogen) atoms. The smallest absolute Gasteiger partial charge is 0.137 e. The highest BCUT2D eigenvalue weighted by molar-refractivity contribution is 6.30. The Labute approximate surface area is 126 Å². The van der Waals surface area contributed by atoms with Gasteiger partial charge in [0.1, 0.15) is 16.8 Å². The lowest BCUT2D eigenvalue weighted by Gasteiger charge is -2.27. The van der Waals surface area contributed by atoms with E-state index in [9.17, 15) is 0 Å². The molecule has 0 unspecified atom stereocenters. The summed E-state index contributed by atoms with van der Waals surface area (Å²) in [7, 11) is 0. The van der Waals surface area contributed by atoms with Crippen LogP contribution in [0.4, 0.5) is 5.82 Å². The van der Waals surface area contributed by atoms with Gasteiger partial charge >= 0.3 is 0 Å². The molecule has 0 atom stereocenters. The van der Waals surface area contributed by atoms with Gasteiger partial charge in [-0.2, -0.15) is 0 Å². The second-order valence-electron chi connectivity index (χ2n) is 6.47.